The number of nitrogens with zero attached hydrogens (tertiary/aromatic N) is 1. The fraction of sp³-hybridized carbons (Fsp3) is 0.333. The summed E-state index contributed by atoms with van der Waals surface area (Å²) in [5.41, 5.74) is 6.47. The van der Waals surface area contributed by atoms with E-state index >= 15 is 0 Å². The molecule has 1 heterocycles. The van der Waals surface area contributed by atoms with E-state index in [4.69, 9.17) is 5.73 Å². The van der Waals surface area contributed by atoms with Gasteiger partial charge in [-0.1, -0.05) is 12.1 Å². The van der Waals surface area contributed by atoms with Gasteiger partial charge in [0.05, 0.1) is 21.3 Å². The molecular weight excluding hydrogens is 270 g/mol. The molecule has 6 heteroatoms. The normalized spacial score (nSPS) is 11.9. The third-order valence-corrected chi connectivity index (χ3v) is 3.49. The van der Waals surface area contributed by atoms with Crippen molar-refractivity contribution in [2.45, 2.75) is 19.4 Å². The van der Waals surface area contributed by atoms with Crippen molar-refractivity contribution in [3.63, 3.8) is 0 Å². The van der Waals surface area contributed by atoms with E-state index in [1.54, 1.807) is 18.3 Å². The Morgan fingerprint density at radius 2 is 2.22 bits per heavy atom. The Morgan fingerprint density at radius 3 is 2.89 bits per heavy atom. The molecule has 2 aromatic rings. The number of para-hydroxylation sites is 1. The predicted octanol–water partition coefficient (Wildman–Crippen LogP) is 1.72. The van der Waals surface area contributed by atoms with Crippen molar-refractivity contribution < 1.29 is 4.79 Å². The van der Waals surface area contributed by atoms with Crippen molar-refractivity contribution in [2.24, 2.45) is 5.73 Å². The minimum absolute atomic E-state index is 0. The van der Waals surface area contributed by atoms with Crippen LogP contribution in [0.25, 0.3) is 10.2 Å². The monoisotopic (exact) mass is 285 g/mol. The molecule has 0 spiro atoms. The highest BCUT2D eigenvalue weighted by Gasteiger charge is 2.07. The lowest BCUT2D eigenvalue weighted by atomic mass is 10.3. The summed E-state index contributed by atoms with van der Waals surface area (Å²) in [7, 11) is 0. The Morgan fingerprint density at radius 1 is 1.50 bits per heavy atom. The summed E-state index contributed by atoms with van der Waals surface area (Å²) in [6.07, 6.45) is 0.748. The van der Waals surface area contributed by atoms with E-state index in [1.165, 1.54) is 4.70 Å². The van der Waals surface area contributed by atoms with Gasteiger partial charge in [0, 0.05) is 13.0 Å². The largest absolute Gasteiger partial charge is 0.354 e. The number of hydrogen-bond acceptors (Lipinski definition) is 4. The van der Waals surface area contributed by atoms with E-state index in [9.17, 15) is 4.79 Å². The summed E-state index contributed by atoms with van der Waals surface area (Å²) in [6.45, 7) is 2.26. The van der Waals surface area contributed by atoms with Crippen LogP contribution in [0.4, 0.5) is 0 Å². The van der Waals surface area contributed by atoms with Crippen molar-refractivity contribution in [2.75, 3.05) is 6.54 Å². The second kappa shape index (κ2) is 6.68. The fourth-order valence-corrected chi connectivity index (χ4v) is 2.45. The van der Waals surface area contributed by atoms with E-state index < -0.39 is 6.04 Å². The van der Waals surface area contributed by atoms with Crippen molar-refractivity contribution in [3.8, 4) is 0 Å². The number of benzene rings is 1. The molecule has 0 aliphatic carbocycles. The molecule has 1 atom stereocenters. The highest BCUT2D eigenvalue weighted by Crippen LogP contribution is 2.21. The number of hydrogen-bond donors (Lipinski definition) is 2. The molecule has 2 rings (SSSR count). The molecule has 0 bridgehead atoms. The molecule has 0 radical (unpaired) electrons. The van der Waals surface area contributed by atoms with Gasteiger partial charge in [0.1, 0.15) is 0 Å². The Balaban J connectivity index is 0.00000162. The van der Waals surface area contributed by atoms with E-state index in [0.717, 1.165) is 16.9 Å². The Labute approximate surface area is 116 Å². The quantitative estimate of drug-likeness (QED) is 0.899. The molecule has 1 aromatic heterocycles. The first-order valence-electron chi connectivity index (χ1n) is 5.54. The number of carbonyl (C=O) groups is 1. The molecule has 0 fully saturated rings. The van der Waals surface area contributed by atoms with Crippen LogP contribution in [0.3, 0.4) is 0 Å². The highest BCUT2D eigenvalue weighted by molar-refractivity contribution is 7.18. The van der Waals surface area contributed by atoms with E-state index in [-0.39, 0.29) is 18.3 Å². The second-order valence-corrected chi connectivity index (χ2v) is 5.02. The van der Waals surface area contributed by atoms with Gasteiger partial charge in [-0.05, 0) is 19.1 Å². The average molecular weight is 286 g/mol. The summed E-state index contributed by atoms with van der Waals surface area (Å²) in [4.78, 5) is 15.7. The van der Waals surface area contributed by atoms with Gasteiger partial charge in [0.25, 0.3) is 0 Å². The zero-order chi connectivity index (χ0) is 12.3. The van der Waals surface area contributed by atoms with Crippen LogP contribution < -0.4 is 11.1 Å². The maximum atomic E-state index is 11.3. The van der Waals surface area contributed by atoms with Gasteiger partial charge in [-0.2, -0.15) is 0 Å². The minimum Gasteiger partial charge on any atom is -0.354 e. The smallest absolute Gasteiger partial charge is 0.236 e. The van der Waals surface area contributed by atoms with Gasteiger partial charge in [-0.3, -0.25) is 4.79 Å². The molecule has 4 nitrogen and oxygen atoms in total. The van der Waals surface area contributed by atoms with Gasteiger partial charge in [-0.15, -0.1) is 23.7 Å². The van der Waals surface area contributed by atoms with Gasteiger partial charge in [-0.25, -0.2) is 4.98 Å². The number of amides is 1. The van der Waals surface area contributed by atoms with Crippen LogP contribution in [-0.2, 0) is 11.2 Å². The topological polar surface area (TPSA) is 68.0 Å². The zero-order valence-corrected chi connectivity index (χ0v) is 11.7. The van der Waals surface area contributed by atoms with Crippen LogP contribution in [0.15, 0.2) is 24.3 Å². The number of aromatic nitrogens is 1. The number of carbonyl (C=O) groups excluding carboxylic acids is 1. The van der Waals surface area contributed by atoms with E-state index in [1.807, 2.05) is 18.2 Å². The number of thiazole rings is 1. The van der Waals surface area contributed by atoms with E-state index in [2.05, 4.69) is 16.4 Å². The maximum Gasteiger partial charge on any atom is 0.236 e. The molecule has 1 aromatic carbocycles. The van der Waals surface area contributed by atoms with Gasteiger partial charge in [0.2, 0.25) is 5.91 Å². The Hall–Kier alpha value is -1.17. The predicted molar refractivity (Wildman–Crippen MR) is 77.2 cm³/mol. The molecule has 98 valence electrons. The Bertz CT molecular complexity index is 494. The summed E-state index contributed by atoms with van der Waals surface area (Å²) < 4.78 is 1.18. The van der Waals surface area contributed by atoms with Gasteiger partial charge >= 0.3 is 0 Å². The van der Waals surface area contributed by atoms with Crippen LogP contribution in [-0.4, -0.2) is 23.5 Å². The molecule has 0 aliphatic heterocycles. The summed E-state index contributed by atoms with van der Waals surface area (Å²) in [5, 5.41) is 3.82. The first-order chi connectivity index (χ1) is 8.16. The summed E-state index contributed by atoms with van der Waals surface area (Å²) >= 11 is 1.66. The van der Waals surface area contributed by atoms with Crippen LogP contribution in [0.1, 0.15) is 11.9 Å². The third kappa shape index (κ3) is 3.66. The lowest BCUT2D eigenvalue weighted by Crippen LogP contribution is -2.39. The first kappa shape index (κ1) is 14.9. The van der Waals surface area contributed by atoms with Crippen LogP contribution in [0.2, 0.25) is 0 Å². The molecule has 1 unspecified atom stereocenters. The number of halogens is 1. The molecule has 1 amide bonds. The lowest BCUT2D eigenvalue weighted by Gasteiger charge is -2.05. The standard InChI is InChI=1S/C12H15N3OS.ClH/c1-8(13)12(16)14-7-6-11-15-9-4-2-3-5-10(9)17-11;/h2-5,8H,6-7,13H2,1H3,(H,14,16);1H. The van der Waals surface area contributed by atoms with Gasteiger partial charge < -0.3 is 11.1 Å². The number of nitrogens with two attached hydrogens (primary N) is 1. The third-order valence-electron chi connectivity index (χ3n) is 2.39. The summed E-state index contributed by atoms with van der Waals surface area (Å²) in [6, 6.07) is 7.57. The zero-order valence-electron chi connectivity index (χ0n) is 10.1. The van der Waals surface area contributed by atoms with Crippen molar-refractivity contribution in [1.29, 1.82) is 0 Å². The van der Waals surface area contributed by atoms with E-state index in [0.29, 0.717) is 6.54 Å². The molecule has 3 N–H and O–H groups in total. The lowest BCUT2D eigenvalue weighted by molar-refractivity contribution is -0.121. The van der Waals surface area contributed by atoms with Crippen molar-refractivity contribution in [1.82, 2.24) is 10.3 Å². The first-order valence-corrected chi connectivity index (χ1v) is 6.36. The van der Waals surface area contributed by atoms with Crippen LogP contribution in [0.5, 0.6) is 0 Å². The molecule has 0 saturated carbocycles. The SMILES string of the molecule is CC(N)C(=O)NCCc1nc2ccccc2s1.Cl. The van der Waals surface area contributed by atoms with Crippen molar-refractivity contribution in [3.05, 3.63) is 29.3 Å². The number of rotatable bonds is 4. The highest BCUT2D eigenvalue weighted by atomic mass is 35.5. The van der Waals surface area contributed by atoms with Crippen molar-refractivity contribution >= 4 is 39.9 Å². The van der Waals surface area contributed by atoms with Crippen LogP contribution >= 0.6 is 23.7 Å². The van der Waals surface area contributed by atoms with Gasteiger partial charge in [0.15, 0.2) is 0 Å². The Kier molecular flexibility index (Phi) is 5.53. The fourth-order valence-electron chi connectivity index (χ4n) is 1.48. The number of fused-ring (bicyclic) bond motifs is 1. The minimum atomic E-state index is -0.453. The molecule has 0 saturated heterocycles. The molecule has 18 heavy (non-hydrogen) atoms. The molecular formula is C12H16ClN3OS. The summed E-state index contributed by atoms with van der Waals surface area (Å²) in [5.74, 6) is -0.119. The molecule has 0 aliphatic rings. The second-order valence-electron chi connectivity index (χ2n) is 3.91. The maximum absolute atomic E-state index is 11.3. The van der Waals surface area contributed by atoms with Crippen LogP contribution in [0, 0.1) is 0 Å². The average Bonchev–Trinajstić information content (AvgIpc) is 2.71. The number of nitrogens with one attached hydrogen (secondary N) is 1.